The van der Waals surface area contributed by atoms with Gasteiger partial charge in [0.1, 0.15) is 6.04 Å². The zero-order valence-corrected chi connectivity index (χ0v) is 10.5. The van der Waals surface area contributed by atoms with Crippen molar-refractivity contribution in [2.75, 3.05) is 0 Å². The summed E-state index contributed by atoms with van der Waals surface area (Å²) in [4.78, 5) is 10.7. The van der Waals surface area contributed by atoms with Crippen LogP contribution in [0.2, 0.25) is 0 Å². The monoisotopic (exact) mass is 361 g/mol. The minimum Gasteiger partial charge on any atom is -0.480 e. The molecule has 1 aromatic rings. The fraction of sp³-hybridized carbons (Fsp3) is 0.300. The molecule has 1 aliphatic heterocycles. The minimum atomic E-state index is -0.769. The van der Waals surface area contributed by atoms with Crippen LogP contribution in [-0.2, 0) is 38.8 Å². The van der Waals surface area contributed by atoms with Gasteiger partial charge >= 0.3 is 5.97 Å². The maximum absolute atomic E-state index is 10.7. The molecular formula is C10H11NO2W. The van der Waals surface area contributed by atoms with Gasteiger partial charge in [-0.15, -0.1) is 0 Å². The van der Waals surface area contributed by atoms with Gasteiger partial charge < -0.3 is 10.4 Å². The summed E-state index contributed by atoms with van der Waals surface area (Å²) in [5.74, 6) is -0.769. The molecule has 0 amide bonds. The third kappa shape index (κ3) is 2.22. The smallest absolute Gasteiger partial charge is 0.321 e. The van der Waals surface area contributed by atoms with Crippen molar-refractivity contribution in [3.8, 4) is 0 Å². The van der Waals surface area contributed by atoms with Gasteiger partial charge in [0.05, 0.1) is 0 Å². The number of carboxylic acid groups (broad SMARTS) is 1. The SMILES string of the molecule is O=C(O)C1Cc2ccccc2CN1.[W]. The van der Waals surface area contributed by atoms with Crippen LogP contribution in [0.5, 0.6) is 0 Å². The molecule has 2 rings (SSSR count). The molecule has 2 N–H and O–H groups in total. The molecule has 0 saturated carbocycles. The van der Waals surface area contributed by atoms with E-state index in [1.165, 1.54) is 5.56 Å². The van der Waals surface area contributed by atoms with Crippen molar-refractivity contribution in [3.63, 3.8) is 0 Å². The van der Waals surface area contributed by atoms with Gasteiger partial charge in [0, 0.05) is 27.6 Å². The van der Waals surface area contributed by atoms with Crippen molar-refractivity contribution in [1.82, 2.24) is 5.32 Å². The predicted octanol–water partition coefficient (Wildman–Crippen LogP) is 0.783. The Morgan fingerprint density at radius 3 is 2.64 bits per heavy atom. The molecule has 0 bridgehead atoms. The second-order valence-corrected chi connectivity index (χ2v) is 3.24. The molecule has 1 aromatic carbocycles. The van der Waals surface area contributed by atoms with Crippen molar-refractivity contribution in [2.24, 2.45) is 0 Å². The first kappa shape index (κ1) is 11.4. The Morgan fingerprint density at radius 1 is 1.36 bits per heavy atom. The Kier molecular flexibility index (Phi) is 3.85. The zero-order valence-electron chi connectivity index (χ0n) is 7.56. The average Bonchev–Trinajstić information content (AvgIpc) is 2.17. The standard InChI is InChI=1S/C10H11NO2.W/c12-10(13)9-5-7-3-1-2-4-8(7)6-11-9;/h1-4,9,11H,5-6H2,(H,12,13);. The average molecular weight is 361 g/mol. The van der Waals surface area contributed by atoms with Crippen LogP contribution < -0.4 is 5.32 Å². The van der Waals surface area contributed by atoms with Gasteiger partial charge in [0.2, 0.25) is 0 Å². The molecular weight excluding hydrogens is 350 g/mol. The molecule has 1 heterocycles. The fourth-order valence-electron chi connectivity index (χ4n) is 1.63. The van der Waals surface area contributed by atoms with E-state index in [0.29, 0.717) is 13.0 Å². The van der Waals surface area contributed by atoms with Gasteiger partial charge in [-0.2, -0.15) is 0 Å². The van der Waals surface area contributed by atoms with Crippen molar-refractivity contribution in [3.05, 3.63) is 35.4 Å². The Balaban J connectivity index is 0.000000980. The molecule has 1 atom stereocenters. The van der Waals surface area contributed by atoms with E-state index in [9.17, 15) is 4.79 Å². The number of benzene rings is 1. The minimum absolute atomic E-state index is 0. The second-order valence-electron chi connectivity index (χ2n) is 3.24. The van der Waals surface area contributed by atoms with E-state index in [-0.39, 0.29) is 21.1 Å². The molecule has 0 aliphatic carbocycles. The number of fused-ring (bicyclic) bond motifs is 1. The topological polar surface area (TPSA) is 49.3 Å². The van der Waals surface area contributed by atoms with Crippen LogP contribution in [-0.4, -0.2) is 17.1 Å². The largest absolute Gasteiger partial charge is 0.480 e. The Labute approximate surface area is 96.8 Å². The van der Waals surface area contributed by atoms with Crippen LogP contribution in [0.1, 0.15) is 11.1 Å². The number of nitrogens with one attached hydrogen (secondary N) is 1. The van der Waals surface area contributed by atoms with Crippen LogP contribution in [0.4, 0.5) is 0 Å². The first-order chi connectivity index (χ1) is 6.27. The molecule has 74 valence electrons. The Morgan fingerprint density at radius 2 is 2.00 bits per heavy atom. The van der Waals surface area contributed by atoms with E-state index in [2.05, 4.69) is 5.32 Å². The molecule has 1 unspecified atom stereocenters. The van der Waals surface area contributed by atoms with Crippen molar-refractivity contribution in [1.29, 1.82) is 0 Å². The van der Waals surface area contributed by atoms with Crippen LogP contribution in [0, 0.1) is 0 Å². The van der Waals surface area contributed by atoms with E-state index >= 15 is 0 Å². The van der Waals surface area contributed by atoms with Crippen LogP contribution in [0.25, 0.3) is 0 Å². The van der Waals surface area contributed by atoms with Crippen LogP contribution in [0.15, 0.2) is 24.3 Å². The molecule has 0 spiro atoms. The number of carboxylic acids is 1. The summed E-state index contributed by atoms with van der Waals surface area (Å²) in [6.45, 7) is 0.660. The van der Waals surface area contributed by atoms with Gasteiger partial charge in [-0.1, -0.05) is 24.3 Å². The van der Waals surface area contributed by atoms with Gasteiger partial charge in [-0.25, -0.2) is 0 Å². The van der Waals surface area contributed by atoms with Gasteiger partial charge in [0.15, 0.2) is 0 Å². The van der Waals surface area contributed by atoms with E-state index < -0.39 is 12.0 Å². The van der Waals surface area contributed by atoms with Crippen molar-refractivity contribution >= 4 is 5.97 Å². The Hall–Kier alpha value is -0.662. The first-order valence-corrected chi connectivity index (χ1v) is 4.30. The summed E-state index contributed by atoms with van der Waals surface area (Å²) >= 11 is 0. The summed E-state index contributed by atoms with van der Waals surface area (Å²) in [6.07, 6.45) is 0.589. The quantitative estimate of drug-likeness (QED) is 0.778. The molecule has 4 heteroatoms. The third-order valence-electron chi connectivity index (χ3n) is 2.38. The maximum Gasteiger partial charge on any atom is 0.321 e. The molecule has 3 nitrogen and oxygen atoms in total. The molecule has 14 heavy (non-hydrogen) atoms. The summed E-state index contributed by atoms with van der Waals surface area (Å²) in [6, 6.07) is 7.52. The van der Waals surface area contributed by atoms with Gasteiger partial charge in [-0.3, -0.25) is 4.79 Å². The predicted molar refractivity (Wildman–Crippen MR) is 48.4 cm³/mol. The van der Waals surface area contributed by atoms with E-state index in [4.69, 9.17) is 5.11 Å². The van der Waals surface area contributed by atoms with E-state index in [0.717, 1.165) is 5.56 Å². The number of aliphatic carboxylic acids is 1. The fourth-order valence-corrected chi connectivity index (χ4v) is 1.63. The molecule has 0 fully saturated rings. The molecule has 0 aromatic heterocycles. The number of hydrogen-bond acceptors (Lipinski definition) is 2. The van der Waals surface area contributed by atoms with Gasteiger partial charge in [0.25, 0.3) is 0 Å². The maximum atomic E-state index is 10.7. The van der Waals surface area contributed by atoms with Crippen LogP contribution >= 0.6 is 0 Å². The van der Waals surface area contributed by atoms with E-state index in [1.807, 2.05) is 24.3 Å². The summed E-state index contributed by atoms with van der Waals surface area (Å²) in [5.41, 5.74) is 2.36. The number of hydrogen-bond donors (Lipinski definition) is 2. The zero-order chi connectivity index (χ0) is 9.26. The summed E-state index contributed by atoms with van der Waals surface area (Å²) in [5, 5.41) is 11.8. The molecule has 0 radical (unpaired) electrons. The Bertz CT molecular complexity index is 341. The van der Waals surface area contributed by atoms with Crippen molar-refractivity contribution < 1.29 is 31.0 Å². The molecule has 0 saturated heterocycles. The second kappa shape index (κ2) is 4.72. The molecule has 1 aliphatic rings. The summed E-state index contributed by atoms with van der Waals surface area (Å²) < 4.78 is 0. The van der Waals surface area contributed by atoms with E-state index in [1.54, 1.807) is 0 Å². The van der Waals surface area contributed by atoms with Crippen molar-refractivity contribution in [2.45, 2.75) is 19.0 Å². The van der Waals surface area contributed by atoms with Gasteiger partial charge in [-0.05, 0) is 17.5 Å². The summed E-state index contributed by atoms with van der Waals surface area (Å²) in [7, 11) is 0. The normalized spacial score (nSPS) is 19.3. The number of rotatable bonds is 1. The first-order valence-electron chi connectivity index (χ1n) is 4.30. The third-order valence-corrected chi connectivity index (χ3v) is 2.38. The number of carbonyl (C=O) groups is 1. The van der Waals surface area contributed by atoms with Crippen LogP contribution in [0.3, 0.4) is 0 Å².